The van der Waals surface area contributed by atoms with Gasteiger partial charge in [0, 0.05) is 29.9 Å². The zero-order valence-electron chi connectivity index (χ0n) is 23.8. The number of aryl methyl sites for hydroxylation is 2. The highest BCUT2D eigenvalue weighted by atomic mass is 32.1. The molecule has 0 aliphatic rings. The maximum absolute atomic E-state index is 2.43. The third-order valence-electron chi connectivity index (χ3n) is 8.81. The van der Waals surface area contributed by atoms with Crippen LogP contribution in [-0.2, 0) is 12.8 Å². The first-order chi connectivity index (χ1) is 19.7. The standard InChI is InChI=1S/C38H38S2/c1-3-5-7-9-11-27-23-25-13-15-33-31-17-18-32-30(29(31)19-21-35(33)37(25)39-27)20-22-36-34(32)16-14-26-24-28(40-38(26)36)12-10-8-6-4-2/h13-24H,3-12H2,1-2H3. The lowest BCUT2D eigenvalue weighted by molar-refractivity contribution is 0.670. The van der Waals surface area contributed by atoms with Gasteiger partial charge in [0.1, 0.15) is 0 Å². The Morgan fingerprint density at radius 2 is 0.750 bits per heavy atom. The van der Waals surface area contributed by atoms with E-state index in [0.717, 1.165) is 0 Å². The number of hydrogen-bond donors (Lipinski definition) is 0. The van der Waals surface area contributed by atoms with Crippen LogP contribution in [0.2, 0.25) is 0 Å². The minimum Gasteiger partial charge on any atom is -0.140 e. The number of benzene rings is 5. The summed E-state index contributed by atoms with van der Waals surface area (Å²) in [6.45, 7) is 4.57. The minimum absolute atomic E-state index is 1.21. The summed E-state index contributed by atoms with van der Waals surface area (Å²) in [6.07, 6.45) is 13.0. The molecule has 7 aromatic rings. The lowest BCUT2D eigenvalue weighted by Gasteiger charge is -2.11. The highest BCUT2D eigenvalue weighted by Crippen LogP contribution is 2.41. The van der Waals surface area contributed by atoms with Gasteiger partial charge < -0.3 is 0 Å². The molecule has 0 saturated carbocycles. The first-order valence-corrected chi connectivity index (χ1v) is 17.0. The number of fused-ring (bicyclic) bond motifs is 11. The predicted octanol–water partition coefficient (Wildman–Crippen LogP) is 13.0. The van der Waals surface area contributed by atoms with Crippen LogP contribution in [0.5, 0.6) is 0 Å². The molecule has 0 fully saturated rings. The average molecular weight is 559 g/mol. The van der Waals surface area contributed by atoms with Crippen molar-refractivity contribution in [3.63, 3.8) is 0 Å². The molecule has 0 unspecified atom stereocenters. The van der Waals surface area contributed by atoms with E-state index in [4.69, 9.17) is 0 Å². The van der Waals surface area contributed by atoms with E-state index >= 15 is 0 Å². The van der Waals surface area contributed by atoms with E-state index in [0.29, 0.717) is 0 Å². The predicted molar refractivity (Wildman–Crippen MR) is 183 cm³/mol. The van der Waals surface area contributed by atoms with Gasteiger partial charge in [-0.25, -0.2) is 0 Å². The van der Waals surface area contributed by atoms with Crippen LogP contribution < -0.4 is 0 Å². The Balaban J connectivity index is 1.30. The zero-order valence-corrected chi connectivity index (χ0v) is 25.4. The van der Waals surface area contributed by atoms with Gasteiger partial charge in [0.25, 0.3) is 0 Å². The van der Waals surface area contributed by atoms with Crippen LogP contribution in [0.1, 0.15) is 75.0 Å². The Morgan fingerprint density at radius 1 is 0.400 bits per heavy atom. The van der Waals surface area contributed by atoms with Crippen molar-refractivity contribution in [1.29, 1.82) is 0 Å². The topological polar surface area (TPSA) is 0 Å². The van der Waals surface area contributed by atoms with Gasteiger partial charge in [0.2, 0.25) is 0 Å². The second-order valence-electron chi connectivity index (χ2n) is 11.6. The minimum atomic E-state index is 1.21. The third kappa shape index (κ3) is 4.60. The third-order valence-corrected chi connectivity index (χ3v) is 11.3. The average Bonchev–Trinajstić information content (AvgIpc) is 3.60. The number of hydrogen-bond acceptors (Lipinski definition) is 2. The van der Waals surface area contributed by atoms with Crippen LogP contribution >= 0.6 is 22.7 Å². The molecule has 0 aliphatic heterocycles. The molecule has 5 aromatic carbocycles. The van der Waals surface area contributed by atoms with Crippen molar-refractivity contribution in [3.05, 3.63) is 82.6 Å². The Labute approximate surface area is 245 Å². The van der Waals surface area contributed by atoms with E-state index in [1.54, 1.807) is 0 Å². The van der Waals surface area contributed by atoms with Crippen LogP contribution in [0, 0.1) is 0 Å². The summed E-state index contributed by atoms with van der Waals surface area (Å²) in [5.41, 5.74) is 0. The second-order valence-corrected chi connectivity index (χ2v) is 13.9. The van der Waals surface area contributed by atoms with E-state index in [-0.39, 0.29) is 0 Å². The summed E-state index contributed by atoms with van der Waals surface area (Å²) < 4.78 is 2.91. The molecule has 0 amide bonds. The highest BCUT2D eigenvalue weighted by Gasteiger charge is 2.13. The van der Waals surface area contributed by atoms with Gasteiger partial charge in [0.15, 0.2) is 0 Å². The molecule has 0 nitrogen and oxygen atoms in total. The summed E-state index contributed by atoms with van der Waals surface area (Å²) in [5.74, 6) is 0. The second kappa shape index (κ2) is 11.1. The molecule has 0 spiro atoms. The van der Waals surface area contributed by atoms with Gasteiger partial charge in [-0.3, -0.25) is 0 Å². The fourth-order valence-electron chi connectivity index (χ4n) is 6.65. The van der Waals surface area contributed by atoms with Crippen LogP contribution in [-0.4, -0.2) is 0 Å². The van der Waals surface area contributed by atoms with Crippen molar-refractivity contribution in [2.45, 2.75) is 78.1 Å². The van der Waals surface area contributed by atoms with Crippen LogP contribution in [0.4, 0.5) is 0 Å². The van der Waals surface area contributed by atoms with Crippen molar-refractivity contribution in [2.75, 3.05) is 0 Å². The smallest absolute Gasteiger partial charge is 0.0424 e. The Bertz CT molecular complexity index is 1840. The van der Waals surface area contributed by atoms with E-state index < -0.39 is 0 Å². The molecule has 2 heteroatoms. The van der Waals surface area contributed by atoms with Gasteiger partial charge in [-0.2, -0.15) is 0 Å². The first kappa shape index (κ1) is 26.0. The molecule has 202 valence electrons. The lowest BCUT2D eigenvalue weighted by atomic mass is 9.93. The van der Waals surface area contributed by atoms with Crippen molar-refractivity contribution in [2.24, 2.45) is 0 Å². The summed E-state index contributed by atoms with van der Waals surface area (Å²) >= 11 is 4.02. The van der Waals surface area contributed by atoms with Crippen LogP contribution in [0.15, 0.2) is 72.8 Å². The Morgan fingerprint density at radius 3 is 1.15 bits per heavy atom. The number of unbranched alkanes of at least 4 members (excludes halogenated alkanes) is 6. The van der Waals surface area contributed by atoms with Gasteiger partial charge in [-0.05, 0) is 80.9 Å². The van der Waals surface area contributed by atoms with Crippen LogP contribution in [0.3, 0.4) is 0 Å². The highest BCUT2D eigenvalue weighted by molar-refractivity contribution is 7.20. The van der Waals surface area contributed by atoms with E-state index in [2.05, 4.69) is 86.6 Å². The Kier molecular flexibility index (Phi) is 7.24. The normalized spacial score (nSPS) is 12.2. The molecular weight excluding hydrogens is 521 g/mol. The first-order valence-electron chi connectivity index (χ1n) is 15.4. The fourth-order valence-corrected chi connectivity index (χ4v) is 9.11. The molecular formula is C38H38S2. The van der Waals surface area contributed by atoms with Crippen molar-refractivity contribution in [3.8, 4) is 0 Å². The van der Waals surface area contributed by atoms with Crippen LogP contribution in [0.25, 0.3) is 63.3 Å². The van der Waals surface area contributed by atoms with E-state index in [1.165, 1.54) is 137 Å². The maximum atomic E-state index is 2.43. The Hall–Kier alpha value is -2.94. The molecule has 0 saturated heterocycles. The largest absolute Gasteiger partial charge is 0.140 e. The van der Waals surface area contributed by atoms with Gasteiger partial charge in [0.05, 0.1) is 0 Å². The SMILES string of the molecule is CCCCCCc1cc2ccc3c4ccc5c(ccc6c5ccc5cc(CCCCCC)sc56)c4ccc3c2s1. The zero-order chi connectivity index (χ0) is 27.1. The molecule has 2 heterocycles. The molecule has 0 aliphatic carbocycles. The van der Waals surface area contributed by atoms with E-state index in [1.807, 2.05) is 22.7 Å². The van der Waals surface area contributed by atoms with Crippen molar-refractivity contribution < 1.29 is 0 Å². The summed E-state index contributed by atoms with van der Waals surface area (Å²) in [6, 6.07) is 28.6. The molecule has 40 heavy (non-hydrogen) atoms. The molecule has 0 bridgehead atoms. The molecule has 0 radical (unpaired) electrons. The monoisotopic (exact) mass is 558 g/mol. The van der Waals surface area contributed by atoms with Gasteiger partial charge in [-0.15, -0.1) is 22.7 Å². The van der Waals surface area contributed by atoms with Gasteiger partial charge in [-0.1, -0.05) is 113 Å². The summed E-state index contributed by atoms with van der Waals surface area (Å²) in [7, 11) is 0. The number of rotatable bonds is 10. The molecule has 0 atom stereocenters. The van der Waals surface area contributed by atoms with E-state index in [9.17, 15) is 0 Å². The number of thiophene rings is 2. The molecule has 2 aromatic heterocycles. The summed E-state index contributed by atoms with van der Waals surface area (Å²) in [4.78, 5) is 3.07. The fraction of sp³-hybridized carbons (Fsp3) is 0.316. The summed E-state index contributed by atoms with van der Waals surface area (Å²) in [5, 5.41) is 13.9. The van der Waals surface area contributed by atoms with Gasteiger partial charge >= 0.3 is 0 Å². The lowest BCUT2D eigenvalue weighted by Crippen LogP contribution is -1.83. The quantitative estimate of drug-likeness (QED) is 0.116. The van der Waals surface area contributed by atoms with Crippen molar-refractivity contribution in [1.82, 2.24) is 0 Å². The molecule has 7 rings (SSSR count). The van der Waals surface area contributed by atoms with Crippen molar-refractivity contribution >= 4 is 85.9 Å². The molecule has 0 N–H and O–H groups in total. The maximum Gasteiger partial charge on any atom is 0.0424 e.